The SMILES string of the molecule is CC[C@@H](C(=O)NCc1ccc(F)cc1)N(C(=O)Cn1nnc(-c2ccc(C)o2)n1)c1ccccc1C(F)(F)F. The summed E-state index contributed by atoms with van der Waals surface area (Å²) in [6, 6.07) is 11.9. The highest BCUT2D eigenvalue weighted by Crippen LogP contribution is 2.37. The van der Waals surface area contributed by atoms with Crippen LogP contribution in [0.15, 0.2) is 65.1 Å². The molecule has 2 heterocycles. The highest BCUT2D eigenvalue weighted by atomic mass is 19.4. The summed E-state index contributed by atoms with van der Waals surface area (Å²) >= 11 is 0. The minimum atomic E-state index is -4.80. The summed E-state index contributed by atoms with van der Waals surface area (Å²) in [5, 5.41) is 14.4. The van der Waals surface area contributed by atoms with Gasteiger partial charge < -0.3 is 9.73 Å². The molecule has 0 unspecified atom stereocenters. The van der Waals surface area contributed by atoms with Gasteiger partial charge in [0, 0.05) is 6.54 Å². The van der Waals surface area contributed by atoms with Gasteiger partial charge in [0.1, 0.15) is 24.2 Å². The highest BCUT2D eigenvalue weighted by Gasteiger charge is 2.39. The quantitative estimate of drug-likeness (QED) is 0.311. The average molecular weight is 545 g/mol. The number of amides is 2. The number of furan rings is 1. The van der Waals surface area contributed by atoms with Crippen LogP contribution in [0.5, 0.6) is 0 Å². The van der Waals surface area contributed by atoms with Gasteiger partial charge in [0.2, 0.25) is 11.7 Å². The molecule has 0 bridgehead atoms. The smallest absolute Gasteiger partial charge is 0.418 e. The van der Waals surface area contributed by atoms with Crippen LogP contribution in [0.25, 0.3) is 11.6 Å². The van der Waals surface area contributed by atoms with Crippen molar-refractivity contribution >= 4 is 17.5 Å². The molecule has 2 amide bonds. The number of rotatable bonds is 9. The van der Waals surface area contributed by atoms with Crippen LogP contribution in [0.4, 0.5) is 23.2 Å². The molecule has 0 aliphatic carbocycles. The Hall–Kier alpha value is -4.55. The minimum Gasteiger partial charge on any atom is -0.458 e. The summed E-state index contributed by atoms with van der Waals surface area (Å²) in [6.45, 7) is 2.68. The topological polar surface area (TPSA) is 106 Å². The molecule has 4 aromatic rings. The Morgan fingerprint density at radius 3 is 2.44 bits per heavy atom. The average Bonchev–Trinajstić information content (AvgIpc) is 3.55. The van der Waals surface area contributed by atoms with Crippen LogP contribution in [-0.4, -0.2) is 38.1 Å². The lowest BCUT2D eigenvalue weighted by molar-refractivity contribution is -0.137. The summed E-state index contributed by atoms with van der Waals surface area (Å²) in [5.74, 6) is -1.02. The van der Waals surface area contributed by atoms with E-state index in [2.05, 4.69) is 20.7 Å². The molecule has 1 N–H and O–H groups in total. The summed E-state index contributed by atoms with van der Waals surface area (Å²) in [7, 11) is 0. The first-order valence-corrected chi connectivity index (χ1v) is 11.9. The number of carbonyl (C=O) groups is 2. The highest BCUT2D eigenvalue weighted by molar-refractivity contribution is 6.01. The van der Waals surface area contributed by atoms with Crippen molar-refractivity contribution in [3.8, 4) is 11.6 Å². The third kappa shape index (κ3) is 6.48. The number of halogens is 4. The lowest BCUT2D eigenvalue weighted by Gasteiger charge is -2.32. The molecule has 2 aromatic carbocycles. The van der Waals surface area contributed by atoms with Gasteiger partial charge in [-0.25, -0.2) is 4.39 Å². The van der Waals surface area contributed by atoms with Crippen molar-refractivity contribution < 1.29 is 31.6 Å². The van der Waals surface area contributed by atoms with Crippen molar-refractivity contribution in [1.29, 1.82) is 0 Å². The first kappa shape index (κ1) is 27.5. The van der Waals surface area contributed by atoms with E-state index in [4.69, 9.17) is 4.42 Å². The second-order valence-electron chi connectivity index (χ2n) is 8.60. The number of benzene rings is 2. The summed E-state index contributed by atoms with van der Waals surface area (Å²) in [6.07, 6.45) is -4.80. The normalized spacial score (nSPS) is 12.3. The number of nitrogens with zero attached hydrogens (tertiary/aromatic N) is 5. The Balaban J connectivity index is 1.64. The maximum atomic E-state index is 13.9. The lowest BCUT2D eigenvalue weighted by Crippen LogP contribution is -2.51. The zero-order valence-electron chi connectivity index (χ0n) is 20.9. The molecule has 1 atom stereocenters. The van der Waals surface area contributed by atoms with Gasteiger partial charge in [-0.1, -0.05) is 31.2 Å². The number of hydrogen-bond donors (Lipinski definition) is 1. The number of nitrogens with one attached hydrogen (secondary N) is 1. The second kappa shape index (κ2) is 11.5. The number of tetrazole rings is 1. The zero-order chi connectivity index (χ0) is 28.2. The van der Waals surface area contributed by atoms with Crippen molar-refractivity contribution in [2.75, 3.05) is 4.90 Å². The van der Waals surface area contributed by atoms with E-state index in [1.165, 1.54) is 36.4 Å². The number of anilines is 1. The van der Waals surface area contributed by atoms with Crippen LogP contribution in [0.1, 0.15) is 30.2 Å². The van der Waals surface area contributed by atoms with E-state index in [0.29, 0.717) is 17.1 Å². The van der Waals surface area contributed by atoms with E-state index in [1.807, 2.05) is 0 Å². The summed E-state index contributed by atoms with van der Waals surface area (Å²) < 4.78 is 60.5. The van der Waals surface area contributed by atoms with Gasteiger partial charge in [-0.15, -0.1) is 10.2 Å². The molecule has 0 aliphatic heterocycles. The van der Waals surface area contributed by atoms with Crippen molar-refractivity contribution in [3.05, 3.63) is 83.4 Å². The molecule has 2 aromatic heterocycles. The predicted molar refractivity (Wildman–Crippen MR) is 132 cm³/mol. The van der Waals surface area contributed by atoms with Crippen molar-refractivity contribution in [2.24, 2.45) is 0 Å². The molecule has 9 nitrogen and oxygen atoms in total. The molecular formula is C26H24F4N6O3. The molecule has 0 aliphatic rings. The Morgan fingerprint density at radius 2 is 1.79 bits per heavy atom. The number of carbonyl (C=O) groups excluding carboxylic acids is 2. The van der Waals surface area contributed by atoms with Gasteiger partial charge in [-0.05, 0) is 60.5 Å². The first-order chi connectivity index (χ1) is 18.6. The van der Waals surface area contributed by atoms with Crippen molar-refractivity contribution in [2.45, 2.75) is 45.6 Å². The molecule has 0 fully saturated rings. The summed E-state index contributed by atoms with van der Waals surface area (Å²) in [4.78, 5) is 28.5. The maximum Gasteiger partial charge on any atom is 0.418 e. The monoisotopic (exact) mass is 544 g/mol. The lowest BCUT2D eigenvalue weighted by atomic mass is 10.1. The van der Waals surface area contributed by atoms with Gasteiger partial charge in [0.15, 0.2) is 5.76 Å². The molecule has 204 valence electrons. The minimum absolute atomic E-state index is 0.00507. The van der Waals surface area contributed by atoms with Crippen LogP contribution in [0.3, 0.4) is 0 Å². The van der Waals surface area contributed by atoms with E-state index < -0.39 is 47.6 Å². The standard InChI is InChI=1S/C26H24F4N6O3/c1-3-20(25(38)31-14-17-9-11-18(27)12-10-17)36(21-7-5-4-6-19(21)26(28,29)30)23(37)15-35-33-24(32-34-35)22-13-8-16(2)39-22/h4-13,20H,3,14-15H2,1-2H3,(H,31,38)/t20-/m0/s1. The Morgan fingerprint density at radius 1 is 1.08 bits per heavy atom. The maximum absolute atomic E-state index is 13.9. The van der Waals surface area contributed by atoms with Gasteiger partial charge in [-0.2, -0.15) is 18.0 Å². The second-order valence-corrected chi connectivity index (χ2v) is 8.60. The number of aryl methyl sites for hydroxylation is 1. The zero-order valence-corrected chi connectivity index (χ0v) is 20.9. The van der Waals surface area contributed by atoms with Crippen LogP contribution in [0.2, 0.25) is 0 Å². The van der Waals surface area contributed by atoms with Gasteiger partial charge in [0.25, 0.3) is 5.91 Å². The van der Waals surface area contributed by atoms with Gasteiger partial charge >= 0.3 is 6.18 Å². The van der Waals surface area contributed by atoms with E-state index in [1.54, 1.807) is 26.0 Å². The molecule has 4 rings (SSSR count). The van der Waals surface area contributed by atoms with Crippen LogP contribution < -0.4 is 10.2 Å². The Labute approximate surface area is 220 Å². The van der Waals surface area contributed by atoms with Crippen LogP contribution >= 0.6 is 0 Å². The van der Waals surface area contributed by atoms with Crippen molar-refractivity contribution in [1.82, 2.24) is 25.5 Å². The van der Waals surface area contributed by atoms with Gasteiger partial charge in [0.05, 0.1) is 11.3 Å². The first-order valence-electron chi connectivity index (χ1n) is 11.9. The predicted octanol–water partition coefficient (Wildman–Crippen LogP) is 4.53. The fourth-order valence-corrected chi connectivity index (χ4v) is 3.95. The molecule has 0 saturated carbocycles. The van der Waals surface area contributed by atoms with E-state index in [9.17, 15) is 27.2 Å². The number of alkyl halides is 3. The van der Waals surface area contributed by atoms with E-state index in [-0.39, 0.29) is 18.8 Å². The van der Waals surface area contributed by atoms with Gasteiger partial charge in [-0.3, -0.25) is 14.5 Å². The third-order valence-corrected chi connectivity index (χ3v) is 5.81. The summed E-state index contributed by atoms with van der Waals surface area (Å²) in [5.41, 5.74) is -0.997. The molecule has 0 spiro atoms. The Kier molecular flexibility index (Phi) is 8.07. The van der Waals surface area contributed by atoms with E-state index >= 15 is 0 Å². The molecule has 0 radical (unpaired) electrons. The third-order valence-electron chi connectivity index (χ3n) is 5.81. The Bertz CT molecular complexity index is 1450. The number of para-hydroxylation sites is 1. The molecular weight excluding hydrogens is 520 g/mol. The number of aromatic nitrogens is 4. The number of hydrogen-bond acceptors (Lipinski definition) is 6. The molecule has 39 heavy (non-hydrogen) atoms. The van der Waals surface area contributed by atoms with E-state index in [0.717, 1.165) is 21.8 Å². The fourth-order valence-electron chi connectivity index (χ4n) is 3.95. The van der Waals surface area contributed by atoms with Crippen molar-refractivity contribution in [3.63, 3.8) is 0 Å². The molecule has 13 heteroatoms. The largest absolute Gasteiger partial charge is 0.458 e. The van der Waals surface area contributed by atoms with Crippen LogP contribution in [-0.2, 0) is 28.9 Å². The van der Waals surface area contributed by atoms with Crippen LogP contribution in [0, 0.1) is 12.7 Å². The fraction of sp³-hybridized carbons (Fsp3) is 0.269. The molecule has 0 saturated heterocycles.